The summed E-state index contributed by atoms with van der Waals surface area (Å²) in [4.78, 5) is 16.3. The van der Waals surface area contributed by atoms with Crippen molar-refractivity contribution in [1.29, 1.82) is 0 Å². The second-order valence-corrected chi connectivity index (χ2v) is 4.01. The van der Waals surface area contributed by atoms with Gasteiger partial charge in [-0.2, -0.15) is 5.10 Å². The maximum Gasteiger partial charge on any atom is 0.212 e. The summed E-state index contributed by atoms with van der Waals surface area (Å²) in [6, 6.07) is 3.53. The minimum absolute atomic E-state index is 0.0696. The third-order valence-corrected chi connectivity index (χ3v) is 2.59. The van der Waals surface area contributed by atoms with Crippen LogP contribution in [0.2, 0.25) is 0 Å². The molecule has 0 fully saturated rings. The van der Waals surface area contributed by atoms with Crippen LogP contribution >= 0.6 is 0 Å². The molecule has 0 bridgehead atoms. The van der Waals surface area contributed by atoms with Gasteiger partial charge in [0.15, 0.2) is 0 Å². The van der Waals surface area contributed by atoms with Gasteiger partial charge in [-0.25, -0.2) is 0 Å². The molecule has 5 heteroatoms. The van der Waals surface area contributed by atoms with Crippen molar-refractivity contribution >= 4 is 5.78 Å². The van der Waals surface area contributed by atoms with Crippen LogP contribution in [0, 0.1) is 6.92 Å². The lowest BCUT2D eigenvalue weighted by Crippen LogP contribution is -2.14. The zero-order valence-corrected chi connectivity index (χ0v) is 10.5. The summed E-state index contributed by atoms with van der Waals surface area (Å²) in [6.07, 6.45) is 4.91. The maximum absolute atomic E-state index is 12.3. The van der Waals surface area contributed by atoms with Crippen LogP contribution in [0.3, 0.4) is 0 Å². The van der Waals surface area contributed by atoms with Crippen LogP contribution in [-0.4, -0.2) is 34.3 Å². The van der Waals surface area contributed by atoms with Crippen molar-refractivity contribution in [3.8, 4) is 0 Å². The van der Waals surface area contributed by atoms with E-state index in [-0.39, 0.29) is 5.78 Å². The van der Waals surface area contributed by atoms with E-state index in [1.54, 1.807) is 36.4 Å². The number of rotatable bonds is 5. The summed E-state index contributed by atoms with van der Waals surface area (Å²) in [5, 5.41) is 4.12. The van der Waals surface area contributed by atoms with E-state index < -0.39 is 0 Å². The van der Waals surface area contributed by atoms with E-state index >= 15 is 0 Å². The fourth-order valence-electron chi connectivity index (χ4n) is 1.71. The molecule has 2 aromatic heterocycles. The molecule has 0 atom stereocenters. The number of methoxy groups -OCH3 is 1. The molecule has 0 N–H and O–H groups in total. The normalized spacial score (nSPS) is 10.6. The van der Waals surface area contributed by atoms with E-state index in [1.807, 2.05) is 13.0 Å². The molecule has 5 nitrogen and oxygen atoms in total. The molecule has 0 saturated heterocycles. The molecule has 0 spiro atoms. The van der Waals surface area contributed by atoms with E-state index in [1.165, 1.54) is 0 Å². The first-order valence-corrected chi connectivity index (χ1v) is 5.69. The molecule has 0 saturated carbocycles. The van der Waals surface area contributed by atoms with Crippen LogP contribution in [0.15, 0.2) is 30.7 Å². The molecule has 0 aliphatic carbocycles. The van der Waals surface area contributed by atoms with Crippen LogP contribution < -0.4 is 0 Å². The summed E-state index contributed by atoms with van der Waals surface area (Å²) in [6.45, 7) is 2.99. The number of ketones is 1. The number of ether oxygens (including phenoxy) is 1. The van der Waals surface area contributed by atoms with Crippen molar-refractivity contribution in [3.63, 3.8) is 0 Å². The van der Waals surface area contributed by atoms with Gasteiger partial charge in [0.25, 0.3) is 0 Å². The Morgan fingerprint density at radius 1 is 1.44 bits per heavy atom. The number of nitrogens with zero attached hydrogens (tertiary/aromatic N) is 3. The molecule has 94 valence electrons. The molecule has 0 aromatic carbocycles. The predicted molar refractivity (Wildman–Crippen MR) is 66.5 cm³/mol. The fraction of sp³-hybridized carbons (Fsp3) is 0.308. The number of pyridine rings is 1. The van der Waals surface area contributed by atoms with Crippen LogP contribution in [0.1, 0.15) is 21.6 Å². The van der Waals surface area contributed by atoms with Crippen molar-refractivity contribution in [2.45, 2.75) is 13.5 Å². The Morgan fingerprint density at radius 2 is 2.28 bits per heavy atom. The predicted octanol–water partition coefficient (Wildman–Crippen LogP) is 1.46. The fourth-order valence-corrected chi connectivity index (χ4v) is 1.71. The highest BCUT2D eigenvalue weighted by atomic mass is 16.5. The van der Waals surface area contributed by atoms with Crippen LogP contribution in [0.4, 0.5) is 0 Å². The summed E-state index contributed by atoms with van der Waals surface area (Å²) in [5.41, 5.74) is 2.09. The van der Waals surface area contributed by atoms with E-state index in [2.05, 4.69) is 10.1 Å². The molecular formula is C13H15N3O2. The molecule has 0 radical (unpaired) electrons. The Kier molecular flexibility index (Phi) is 3.84. The first kappa shape index (κ1) is 12.4. The molecule has 0 aliphatic rings. The number of carbonyl (C=O) groups is 1. The second kappa shape index (κ2) is 5.55. The van der Waals surface area contributed by atoms with Gasteiger partial charge in [-0.1, -0.05) is 0 Å². The molecule has 2 aromatic rings. The lowest BCUT2D eigenvalue weighted by Gasteiger charge is -2.06. The lowest BCUT2D eigenvalue weighted by molar-refractivity contribution is 0.102. The van der Waals surface area contributed by atoms with Crippen LogP contribution in [0.5, 0.6) is 0 Å². The number of aryl methyl sites for hydroxylation is 1. The highest BCUT2D eigenvalue weighted by Gasteiger charge is 2.14. The van der Waals surface area contributed by atoms with Crippen molar-refractivity contribution in [3.05, 3.63) is 47.5 Å². The van der Waals surface area contributed by atoms with E-state index in [9.17, 15) is 4.79 Å². The highest BCUT2D eigenvalue weighted by Crippen LogP contribution is 2.10. The Balaban J connectivity index is 2.26. The van der Waals surface area contributed by atoms with Gasteiger partial charge in [-0.15, -0.1) is 0 Å². The quantitative estimate of drug-likeness (QED) is 0.748. The highest BCUT2D eigenvalue weighted by molar-refractivity contribution is 6.07. The largest absolute Gasteiger partial charge is 0.383 e. The molecule has 2 rings (SSSR count). The monoisotopic (exact) mass is 245 g/mol. The van der Waals surface area contributed by atoms with Gasteiger partial charge >= 0.3 is 0 Å². The zero-order chi connectivity index (χ0) is 13.0. The smallest absolute Gasteiger partial charge is 0.212 e. The number of aromatic nitrogens is 3. The van der Waals surface area contributed by atoms with Gasteiger partial charge in [0, 0.05) is 31.3 Å². The van der Waals surface area contributed by atoms with Crippen molar-refractivity contribution in [2.24, 2.45) is 0 Å². The van der Waals surface area contributed by atoms with Crippen LogP contribution in [-0.2, 0) is 11.3 Å². The van der Waals surface area contributed by atoms with Crippen molar-refractivity contribution in [1.82, 2.24) is 14.8 Å². The summed E-state index contributed by atoms with van der Waals surface area (Å²) in [7, 11) is 1.62. The van der Waals surface area contributed by atoms with Crippen LogP contribution in [0.25, 0.3) is 0 Å². The number of hydrogen-bond donors (Lipinski definition) is 0. The minimum Gasteiger partial charge on any atom is -0.383 e. The number of hydrogen-bond acceptors (Lipinski definition) is 4. The van der Waals surface area contributed by atoms with Crippen molar-refractivity contribution in [2.75, 3.05) is 13.7 Å². The standard InChI is InChI=1S/C13H15N3O2/c1-10-7-11(9-14-8-10)13(17)12-3-4-15-16(12)5-6-18-2/h3-4,7-9H,5-6H2,1-2H3. The van der Waals surface area contributed by atoms with Gasteiger partial charge < -0.3 is 4.74 Å². The Hall–Kier alpha value is -2.01. The molecule has 0 unspecified atom stereocenters. The Morgan fingerprint density at radius 3 is 3.00 bits per heavy atom. The topological polar surface area (TPSA) is 57.0 Å². The molecule has 0 aliphatic heterocycles. The Labute approximate surface area is 105 Å². The van der Waals surface area contributed by atoms with Crippen molar-refractivity contribution < 1.29 is 9.53 Å². The van der Waals surface area contributed by atoms with Gasteiger partial charge in [0.1, 0.15) is 5.69 Å². The van der Waals surface area contributed by atoms with E-state index in [0.717, 1.165) is 5.56 Å². The average molecular weight is 245 g/mol. The molecule has 2 heterocycles. The third-order valence-electron chi connectivity index (χ3n) is 2.59. The first-order chi connectivity index (χ1) is 8.72. The van der Waals surface area contributed by atoms with E-state index in [4.69, 9.17) is 4.74 Å². The Bertz CT molecular complexity index is 549. The van der Waals surface area contributed by atoms with Gasteiger partial charge in [0.2, 0.25) is 5.78 Å². The summed E-state index contributed by atoms with van der Waals surface area (Å²) < 4.78 is 6.64. The average Bonchev–Trinajstić information content (AvgIpc) is 2.83. The second-order valence-electron chi connectivity index (χ2n) is 4.01. The SMILES string of the molecule is COCCn1nccc1C(=O)c1cncc(C)c1. The van der Waals surface area contributed by atoms with E-state index in [0.29, 0.717) is 24.4 Å². The van der Waals surface area contributed by atoms with Gasteiger partial charge in [0.05, 0.1) is 13.2 Å². The lowest BCUT2D eigenvalue weighted by atomic mass is 10.1. The minimum atomic E-state index is -0.0696. The summed E-state index contributed by atoms with van der Waals surface area (Å²) >= 11 is 0. The molecule has 18 heavy (non-hydrogen) atoms. The first-order valence-electron chi connectivity index (χ1n) is 5.69. The third kappa shape index (κ3) is 2.62. The zero-order valence-electron chi connectivity index (χ0n) is 10.5. The van der Waals surface area contributed by atoms with Gasteiger partial charge in [-0.3, -0.25) is 14.5 Å². The molecular weight excluding hydrogens is 230 g/mol. The number of carbonyl (C=O) groups excluding carboxylic acids is 1. The van der Waals surface area contributed by atoms with Gasteiger partial charge in [-0.05, 0) is 24.6 Å². The summed E-state index contributed by atoms with van der Waals surface area (Å²) in [5.74, 6) is -0.0696. The molecule has 0 amide bonds. The maximum atomic E-state index is 12.3.